The van der Waals surface area contributed by atoms with Crippen molar-refractivity contribution >= 4 is 0 Å². The molecule has 1 saturated carbocycles. The van der Waals surface area contributed by atoms with Gasteiger partial charge in [0.15, 0.2) is 0 Å². The van der Waals surface area contributed by atoms with E-state index in [0.29, 0.717) is 0 Å². The molecule has 2 nitrogen and oxygen atoms in total. The second-order valence-corrected chi connectivity index (χ2v) is 3.70. The molecule has 0 saturated heterocycles. The van der Waals surface area contributed by atoms with Crippen LogP contribution in [0.15, 0.2) is 0 Å². The number of nitriles is 1. The van der Waals surface area contributed by atoms with Gasteiger partial charge in [0, 0.05) is 13.7 Å². The van der Waals surface area contributed by atoms with Crippen LogP contribution in [0.25, 0.3) is 0 Å². The van der Waals surface area contributed by atoms with E-state index in [0.717, 1.165) is 25.9 Å². The topological polar surface area (TPSA) is 33.0 Å². The van der Waals surface area contributed by atoms with E-state index in [2.05, 4.69) is 6.07 Å². The molecule has 0 aliphatic heterocycles. The van der Waals surface area contributed by atoms with E-state index in [1.54, 1.807) is 7.11 Å². The normalized spacial score (nSPS) is 21.7. The molecule has 0 N–H and O–H groups in total. The average molecular weight is 167 g/mol. The Hall–Kier alpha value is -0.550. The lowest BCUT2D eigenvalue weighted by Gasteiger charge is -2.30. The Balaban J connectivity index is 2.44. The van der Waals surface area contributed by atoms with Gasteiger partial charge in [0.05, 0.1) is 11.5 Å². The lowest BCUT2D eigenvalue weighted by Crippen LogP contribution is -2.23. The molecule has 12 heavy (non-hydrogen) atoms. The summed E-state index contributed by atoms with van der Waals surface area (Å²) < 4.78 is 5.02. The molecule has 2 heteroatoms. The minimum atomic E-state index is -0.0474. The average Bonchev–Trinajstić information content (AvgIpc) is 2.16. The van der Waals surface area contributed by atoms with Crippen molar-refractivity contribution in [2.75, 3.05) is 13.7 Å². The Morgan fingerprint density at radius 3 is 2.50 bits per heavy atom. The van der Waals surface area contributed by atoms with Gasteiger partial charge in [-0.05, 0) is 19.3 Å². The molecule has 68 valence electrons. The van der Waals surface area contributed by atoms with E-state index in [-0.39, 0.29) is 5.41 Å². The zero-order chi connectivity index (χ0) is 8.86. The second kappa shape index (κ2) is 4.47. The molecule has 0 bridgehead atoms. The minimum Gasteiger partial charge on any atom is -0.385 e. The van der Waals surface area contributed by atoms with E-state index in [9.17, 15) is 0 Å². The van der Waals surface area contributed by atoms with Crippen LogP contribution in [0.4, 0.5) is 0 Å². The van der Waals surface area contributed by atoms with Crippen LogP contribution >= 0.6 is 0 Å². The van der Waals surface area contributed by atoms with Crippen LogP contribution in [0, 0.1) is 16.7 Å². The summed E-state index contributed by atoms with van der Waals surface area (Å²) in [7, 11) is 1.70. The van der Waals surface area contributed by atoms with Crippen molar-refractivity contribution in [2.24, 2.45) is 5.41 Å². The standard InChI is InChI=1S/C10H17NO/c1-12-8-7-10(9-11)5-3-2-4-6-10/h2-8H2,1H3. The Kier molecular flexibility index (Phi) is 3.55. The number of rotatable bonds is 3. The fraction of sp³-hybridized carbons (Fsp3) is 0.900. The maximum absolute atomic E-state index is 9.06. The van der Waals surface area contributed by atoms with Gasteiger partial charge in [-0.3, -0.25) is 0 Å². The largest absolute Gasteiger partial charge is 0.385 e. The number of methoxy groups -OCH3 is 1. The van der Waals surface area contributed by atoms with Crippen LogP contribution in [-0.4, -0.2) is 13.7 Å². The molecular weight excluding hydrogens is 150 g/mol. The molecule has 0 amide bonds. The summed E-state index contributed by atoms with van der Waals surface area (Å²) in [4.78, 5) is 0. The van der Waals surface area contributed by atoms with Gasteiger partial charge in [-0.25, -0.2) is 0 Å². The zero-order valence-electron chi connectivity index (χ0n) is 7.81. The van der Waals surface area contributed by atoms with Crippen molar-refractivity contribution in [1.29, 1.82) is 5.26 Å². The third-order valence-electron chi connectivity index (χ3n) is 2.83. The number of hydrogen-bond acceptors (Lipinski definition) is 2. The summed E-state index contributed by atoms with van der Waals surface area (Å²) in [6.07, 6.45) is 6.81. The Bertz CT molecular complexity index is 165. The van der Waals surface area contributed by atoms with Gasteiger partial charge in [-0.15, -0.1) is 0 Å². The fourth-order valence-electron chi connectivity index (χ4n) is 1.94. The van der Waals surface area contributed by atoms with E-state index < -0.39 is 0 Å². The fourth-order valence-corrected chi connectivity index (χ4v) is 1.94. The zero-order valence-corrected chi connectivity index (χ0v) is 7.81. The van der Waals surface area contributed by atoms with Crippen LogP contribution in [0.1, 0.15) is 38.5 Å². The number of hydrogen-bond donors (Lipinski definition) is 0. The molecular formula is C10H17NO. The van der Waals surface area contributed by atoms with Crippen molar-refractivity contribution < 1.29 is 4.74 Å². The van der Waals surface area contributed by atoms with Crippen molar-refractivity contribution in [3.05, 3.63) is 0 Å². The van der Waals surface area contributed by atoms with Gasteiger partial charge in [0.2, 0.25) is 0 Å². The first-order chi connectivity index (χ1) is 5.83. The molecule has 1 aliphatic carbocycles. The maximum atomic E-state index is 9.06. The predicted molar refractivity (Wildman–Crippen MR) is 47.6 cm³/mol. The van der Waals surface area contributed by atoms with Crippen LogP contribution in [-0.2, 0) is 4.74 Å². The third kappa shape index (κ3) is 2.22. The molecule has 1 aliphatic rings. The van der Waals surface area contributed by atoms with Crippen LogP contribution < -0.4 is 0 Å². The Labute approximate surface area is 74.5 Å². The van der Waals surface area contributed by atoms with Gasteiger partial charge >= 0.3 is 0 Å². The van der Waals surface area contributed by atoms with Crippen LogP contribution in [0.5, 0.6) is 0 Å². The van der Waals surface area contributed by atoms with Crippen molar-refractivity contribution in [3.8, 4) is 6.07 Å². The molecule has 0 aromatic rings. The smallest absolute Gasteiger partial charge is 0.0690 e. The molecule has 0 spiro atoms. The van der Waals surface area contributed by atoms with E-state index >= 15 is 0 Å². The monoisotopic (exact) mass is 167 g/mol. The SMILES string of the molecule is COCCC1(C#N)CCCCC1. The highest BCUT2D eigenvalue weighted by Gasteiger charge is 2.31. The van der Waals surface area contributed by atoms with Gasteiger partial charge in [0.1, 0.15) is 0 Å². The van der Waals surface area contributed by atoms with Crippen LogP contribution in [0.2, 0.25) is 0 Å². The summed E-state index contributed by atoms with van der Waals surface area (Å²) >= 11 is 0. The Morgan fingerprint density at radius 2 is 2.00 bits per heavy atom. The first-order valence-corrected chi connectivity index (χ1v) is 4.73. The quantitative estimate of drug-likeness (QED) is 0.647. The Morgan fingerprint density at radius 1 is 1.33 bits per heavy atom. The lowest BCUT2D eigenvalue weighted by atomic mass is 9.73. The first-order valence-electron chi connectivity index (χ1n) is 4.73. The summed E-state index contributed by atoms with van der Waals surface area (Å²) in [6.45, 7) is 0.730. The first kappa shape index (κ1) is 9.54. The van der Waals surface area contributed by atoms with Crippen LogP contribution in [0.3, 0.4) is 0 Å². The van der Waals surface area contributed by atoms with E-state index in [1.165, 1.54) is 19.3 Å². The molecule has 1 fully saturated rings. The van der Waals surface area contributed by atoms with Gasteiger partial charge in [-0.1, -0.05) is 19.3 Å². The highest BCUT2D eigenvalue weighted by Crippen LogP contribution is 2.38. The number of nitrogens with zero attached hydrogens (tertiary/aromatic N) is 1. The molecule has 0 unspecified atom stereocenters. The maximum Gasteiger partial charge on any atom is 0.0690 e. The van der Waals surface area contributed by atoms with Crippen molar-refractivity contribution in [1.82, 2.24) is 0 Å². The second-order valence-electron chi connectivity index (χ2n) is 3.70. The molecule has 0 heterocycles. The highest BCUT2D eigenvalue weighted by molar-refractivity contribution is 5.00. The summed E-state index contributed by atoms with van der Waals surface area (Å²) in [5.41, 5.74) is -0.0474. The summed E-state index contributed by atoms with van der Waals surface area (Å²) in [5.74, 6) is 0. The molecule has 0 atom stereocenters. The molecule has 0 aromatic carbocycles. The summed E-state index contributed by atoms with van der Waals surface area (Å²) in [6, 6.07) is 2.47. The molecule has 0 aromatic heterocycles. The number of ether oxygens (including phenoxy) is 1. The predicted octanol–water partition coefficient (Wildman–Crippen LogP) is 2.50. The molecule has 0 radical (unpaired) electrons. The van der Waals surface area contributed by atoms with Crippen molar-refractivity contribution in [3.63, 3.8) is 0 Å². The third-order valence-corrected chi connectivity index (χ3v) is 2.83. The van der Waals surface area contributed by atoms with Gasteiger partial charge in [-0.2, -0.15) is 5.26 Å². The van der Waals surface area contributed by atoms with Gasteiger partial charge < -0.3 is 4.74 Å². The van der Waals surface area contributed by atoms with E-state index in [4.69, 9.17) is 10.00 Å². The minimum absolute atomic E-state index is 0.0474. The lowest BCUT2D eigenvalue weighted by molar-refractivity contribution is 0.138. The summed E-state index contributed by atoms with van der Waals surface area (Å²) in [5, 5.41) is 9.06. The molecule has 1 rings (SSSR count). The van der Waals surface area contributed by atoms with Gasteiger partial charge in [0.25, 0.3) is 0 Å². The highest BCUT2D eigenvalue weighted by atomic mass is 16.5. The van der Waals surface area contributed by atoms with E-state index in [1.807, 2.05) is 0 Å². The van der Waals surface area contributed by atoms with Crippen molar-refractivity contribution in [2.45, 2.75) is 38.5 Å².